The second kappa shape index (κ2) is 7.65. The molecule has 0 spiro atoms. The van der Waals surface area contributed by atoms with Crippen molar-refractivity contribution in [3.63, 3.8) is 0 Å². The summed E-state index contributed by atoms with van der Waals surface area (Å²) in [4.78, 5) is 14.9. The molecule has 4 heteroatoms. The summed E-state index contributed by atoms with van der Waals surface area (Å²) in [5.41, 5.74) is 2.49. The molecule has 0 N–H and O–H groups in total. The SMILES string of the molecule is CC[C@@H](c1ccccc1)[C@@H]1CCCN1C(=O)CCc1cnn(C)c1. The fraction of sp³-hybridized carbons (Fsp3) is 0.500. The second-order valence-corrected chi connectivity index (χ2v) is 6.74. The second-order valence-electron chi connectivity index (χ2n) is 6.74. The standard InChI is InChI=1S/C20H27N3O/c1-3-18(17-8-5-4-6-9-17)19-10-7-13-23(19)20(24)12-11-16-14-21-22(2)15-16/h4-6,8-9,14-15,18-19H,3,7,10-13H2,1-2H3/t18-,19-/m0/s1. The van der Waals surface area contributed by atoms with E-state index in [1.165, 1.54) is 5.56 Å². The van der Waals surface area contributed by atoms with Gasteiger partial charge in [-0.15, -0.1) is 0 Å². The largest absolute Gasteiger partial charge is 0.339 e. The van der Waals surface area contributed by atoms with Crippen molar-refractivity contribution in [3.05, 3.63) is 53.9 Å². The van der Waals surface area contributed by atoms with E-state index >= 15 is 0 Å². The predicted molar refractivity (Wildman–Crippen MR) is 95.7 cm³/mol. The van der Waals surface area contributed by atoms with Gasteiger partial charge in [-0.2, -0.15) is 5.10 Å². The van der Waals surface area contributed by atoms with Gasteiger partial charge in [-0.25, -0.2) is 0 Å². The third-order valence-electron chi connectivity index (χ3n) is 5.14. The van der Waals surface area contributed by atoms with Crippen molar-refractivity contribution >= 4 is 5.91 Å². The minimum Gasteiger partial charge on any atom is -0.339 e. The molecule has 1 saturated heterocycles. The smallest absolute Gasteiger partial charge is 0.223 e. The molecule has 1 aliphatic rings. The molecule has 2 atom stereocenters. The van der Waals surface area contributed by atoms with Crippen molar-refractivity contribution < 1.29 is 4.79 Å². The maximum absolute atomic E-state index is 12.8. The molecular formula is C20H27N3O. The molecule has 0 radical (unpaired) electrons. The lowest BCUT2D eigenvalue weighted by molar-refractivity contribution is -0.132. The lowest BCUT2D eigenvalue weighted by Crippen LogP contribution is -2.39. The van der Waals surface area contributed by atoms with Crippen LogP contribution in [0.15, 0.2) is 42.7 Å². The first-order valence-corrected chi connectivity index (χ1v) is 9.01. The van der Waals surface area contributed by atoms with Crippen LogP contribution in [-0.2, 0) is 18.3 Å². The maximum Gasteiger partial charge on any atom is 0.223 e. The summed E-state index contributed by atoms with van der Waals surface area (Å²) in [7, 11) is 1.91. The number of rotatable bonds is 6. The highest BCUT2D eigenvalue weighted by Crippen LogP contribution is 2.34. The number of carbonyl (C=O) groups is 1. The molecule has 1 aliphatic heterocycles. The van der Waals surface area contributed by atoms with Crippen molar-refractivity contribution in [1.82, 2.24) is 14.7 Å². The minimum atomic E-state index is 0.288. The van der Waals surface area contributed by atoms with Crippen LogP contribution in [-0.4, -0.2) is 33.2 Å². The van der Waals surface area contributed by atoms with Crippen LogP contribution < -0.4 is 0 Å². The highest BCUT2D eigenvalue weighted by molar-refractivity contribution is 5.77. The quantitative estimate of drug-likeness (QED) is 0.815. The molecule has 1 aromatic heterocycles. The van der Waals surface area contributed by atoms with Gasteiger partial charge in [0.15, 0.2) is 0 Å². The summed E-state index contributed by atoms with van der Waals surface area (Å²) in [6, 6.07) is 11.0. The van der Waals surface area contributed by atoms with Crippen LogP contribution in [0.5, 0.6) is 0 Å². The van der Waals surface area contributed by atoms with Crippen LogP contribution in [0.1, 0.15) is 49.7 Å². The van der Waals surface area contributed by atoms with Gasteiger partial charge in [0.2, 0.25) is 5.91 Å². The topological polar surface area (TPSA) is 38.1 Å². The van der Waals surface area contributed by atoms with Crippen molar-refractivity contribution in [3.8, 4) is 0 Å². The van der Waals surface area contributed by atoms with Gasteiger partial charge in [-0.05, 0) is 36.8 Å². The number of likely N-dealkylation sites (tertiary alicyclic amines) is 1. The first-order valence-electron chi connectivity index (χ1n) is 9.01. The molecule has 2 aromatic rings. The Labute approximate surface area is 144 Å². The summed E-state index contributed by atoms with van der Waals surface area (Å²) in [6.45, 7) is 3.13. The third-order valence-corrected chi connectivity index (χ3v) is 5.14. The number of hydrogen-bond donors (Lipinski definition) is 0. The van der Waals surface area contributed by atoms with Gasteiger partial charge in [-0.3, -0.25) is 9.48 Å². The Morgan fingerprint density at radius 3 is 2.79 bits per heavy atom. The number of carbonyl (C=O) groups excluding carboxylic acids is 1. The third kappa shape index (κ3) is 3.69. The molecule has 0 unspecified atom stereocenters. The van der Waals surface area contributed by atoms with Gasteiger partial charge >= 0.3 is 0 Å². The van der Waals surface area contributed by atoms with Crippen LogP contribution in [0.2, 0.25) is 0 Å². The van der Waals surface area contributed by atoms with E-state index in [0.29, 0.717) is 18.4 Å². The summed E-state index contributed by atoms with van der Waals surface area (Å²) >= 11 is 0. The summed E-state index contributed by atoms with van der Waals surface area (Å²) < 4.78 is 1.79. The lowest BCUT2D eigenvalue weighted by atomic mass is 9.87. The number of aromatic nitrogens is 2. The molecule has 4 nitrogen and oxygen atoms in total. The van der Waals surface area contributed by atoms with Crippen LogP contribution in [0.3, 0.4) is 0 Å². The van der Waals surface area contributed by atoms with E-state index in [1.807, 2.05) is 19.4 Å². The Balaban J connectivity index is 1.66. The van der Waals surface area contributed by atoms with Gasteiger partial charge < -0.3 is 4.90 Å². The Morgan fingerprint density at radius 2 is 2.12 bits per heavy atom. The van der Waals surface area contributed by atoms with Gasteiger partial charge in [0.1, 0.15) is 0 Å². The van der Waals surface area contributed by atoms with Crippen molar-refractivity contribution in [2.24, 2.45) is 7.05 Å². The van der Waals surface area contributed by atoms with Gasteiger partial charge in [0, 0.05) is 38.2 Å². The highest BCUT2D eigenvalue weighted by Gasteiger charge is 2.34. The van der Waals surface area contributed by atoms with E-state index in [-0.39, 0.29) is 5.91 Å². The number of benzene rings is 1. The molecule has 2 heterocycles. The number of aryl methyl sites for hydroxylation is 2. The molecule has 1 amide bonds. The zero-order valence-electron chi connectivity index (χ0n) is 14.7. The molecule has 128 valence electrons. The molecular weight excluding hydrogens is 298 g/mol. The van der Waals surface area contributed by atoms with Crippen molar-refractivity contribution in [1.29, 1.82) is 0 Å². The zero-order valence-corrected chi connectivity index (χ0v) is 14.7. The average molecular weight is 325 g/mol. The minimum absolute atomic E-state index is 0.288. The van der Waals surface area contributed by atoms with Crippen LogP contribution >= 0.6 is 0 Å². The predicted octanol–water partition coefficient (Wildman–Crippen LogP) is 3.54. The Hall–Kier alpha value is -2.10. The monoisotopic (exact) mass is 325 g/mol. The Morgan fingerprint density at radius 1 is 1.33 bits per heavy atom. The first kappa shape index (κ1) is 16.7. The molecule has 3 rings (SSSR count). The maximum atomic E-state index is 12.8. The van der Waals surface area contributed by atoms with Gasteiger partial charge in [0.05, 0.1) is 6.20 Å². The average Bonchev–Trinajstić information content (AvgIpc) is 3.24. The van der Waals surface area contributed by atoms with Crippen LogP contribution in [0, 0.1) is 0 Å². The molecule has 0 saturated carbocycles. The number of amides is 1. The fourth-order valence-corrected chi connectivity index (χ4v) is 3.95. The zero-order chi connectivity index (χ0) is 16.9. The summed E-state index contributed by atoms with van der Waals surface area (Å²) in [5, 5.41) is 4.18. The van der Waals surface area contributed by atoms with E-state index in [2.05, 4.69) is 47.3 Å². The van der Waals surface area contributed by atoms with E-state index < -0.39 is 0 Å². The molecule has 1 fully saturated rings. The van der Waals surface area contributed by atoms with Crippen LogP contribution in [0.4, 0.5) is 0 Å². The van der Waals surface area contributed by atoms with Crippen molar-refractivity contribution in [2.75, 3.05) is 6.54 Å². The van der Waals surface area contributed by atoms with E-state index in [9.17, 15) is 4.79 Å². The summed E-state index contributed by atoms with van der Waals surface area (Å²) in [5.74, 6) is 0.728. The Kier molecular flexibility index (Phi) is 5.34. The Bertz CT molecular complexity index is 665. The van der Waals surface area contributed by atoms with E-state index in [1.54, 1.807) is 4.68 Å². The molecule has 0 aliphatic carbocycles. The molecule has 1 aromatic carbocycles. The van der Waals surface area contributed by atoms with Gasteiger partial charge in [-0.1, -0.05) is 37.3 Å². The number of nitrogens with zero attached hydrogens (tertiary/aromatic N) is 3. The summed E-state index contributed by atoms with van der Waals surface area (Å²) in [6.07, 6.45) is 8.51. The lowest BCUT2D eigenvalue weighted by Gasteiger charge is -2.31. The van der Waals surface area contributed by atoms with Gasteiger partial charge in [0.25, 0.3) is 0 Å². The highest BCUT2D eigenvalue weighted by atomic mass is 16.2. The first-order chi connectivity index (χ1) is 11.7. The number of hydrogen-bond acceptors (Lipinski definition) is 2. The van der Waals surface area contributed by atoms with Crippen LogP contribution in [0.25, 0.3) is 0 Å². The molecule has 0 bridgehead atoms. The molecule has 24 heavy (non-hydrogen) atoms. The van der Waals surface area contributed by atoms with E-state index in [4.69, 9.17) is 0 Å². The van der Waals surface area contributed by atoms with E-state index in [0.717, 1.165) is 37.8 Å². The fourth-order valence-electron chi connectivity index (χ4n) is 3.95. The normalized spacial score (nSPS) is 18.8. The van der Waals surface area contributed by atoms with Crippen molar-refractivity contribution in [2.45, 2.75) is 51.0 Å².